The van der Waals surface area contributed by atoms with Crippen molar-refractivity contribution in [2.24, 2.45) is 0 Å². The number of amides is 1. The van der Waals surface area contributed by atoms with E-state index >= 15 is 0 Å². The first kappa shape index (κ1) is 12.8. The summed E-state index contributed by atoms with van der Waals surface area (Å²) in [5, 5.41) is 5.73. The summed E-state index contributed by atoms with van der Waals surface area (Å²) in [6, 6.07) is 5.91. The van der Waals surface area contributed by atoms with Crippen molar-refractivity contribution < 1.29 is 13.9 Å². The SMILES string of the molecule is O=C(CNc1ccc(F)cc1)NCC1CCCO1. The fraction of sp³-hybridized carbons (Fsp3) is 0.462. The van der Waals surface area contributed by atoms with E-state index < -0.39 is 0 Å². The van der Waals surface area contributed by atoms with Gasteiger partial charge in [0, 0.05) is 18.8 Å². The summed E-state index contributed by atoms with van der Waals surface area (Å²) in [5.74, 6) is -0.377. The number of halogens is 1. The van der Waals surface area contributed by atoms with E-state index in [2.05, 4.69) is 10.6 Å². The molecule has 1 fully saturated rings. The summed E-state index contributed by atoms with van der Waals surface area (Å²) >= 11 is 0. The van der Waals surface area contributed by atoms with E-state index in [-0.39, 0.29) is 24.4 Å². The van der Waals surface area contributed by atoms with Crippen LogP contribution < -0.4 is 10.6 Å². The molecule has 1 aliphatic rings. The molecule has 1 saturated heterocycles. The van der Waals surface area contributed by atoms with Gasteiger partial charge in [-0.1, -0.05) is 0 Å². The van der Waals surface area contributed by atoms with Gasteiger partial charge in [0.05, 0.1) is 12.6 Å². The lowest BCUT2D eigenvalue weighted by molar-refractivity contribution is -0.119. The van der Waals surface area contributed by atoms with Gasteiger partial charge in [-0.2, -0.15) is 0 Å². The third-order valence-electron chi connectivity index (χ3n) is 2.85. The molecule has 1 amide bonds. The Morgan fingerprint density at radius 3 is 2.83 bits per heavy atom. The van der Waals surface area contributed by atoms with Gasteiger partial charge in [-0.3, -0.25) is 4.79 Å². The number of benzene rings is 1. The summed E-state index contributed by atoms with van der Waals surface area (Å²) in [6.07, 6.45) is 2.22. The Bertz CT molecular complexity index is 388. The Hall–Kier alpha value is -1.62. The van der Waals surface area contributed by atoms with Crippen molar-refractivity contribution in [2.75, 3.05) is 25.0 Å². The molecule has 0 bridgehead atoms. The van der Waals surface area contributed by atoms with Crippen LogP contribution in [0.2, 0.25) is 0 Å². The van der Waals surface area contributed by atoms with Gasteiger partial charge < -0.3 is 15.4 Å². The zero-order chi connectivity index (χ0) is 12.8. The number of hydrogen-bond donors (Lipinski definition) is 2. The van der Waals surface area contributed by atoms with Gasteiger partial charge in [0.15, 0.2) is 0 Å². The minimum atomic E-state index is -0.289. The van der Waals surface area contributed by atoms with Gasteiger partial charge in [0.25, 0.3) is 0 Å². The Balaban J connectivity index is 1.66. The maximum Gasteiger partial charge on any atom is 0.239 e. The van der Waals surface area contributed by atoms with E-state index in [0.29, 0.717) is 6.54 Å². The minimum Gasteiger partial charge on any atom is -0.376 e. The molecule has 98 valence electrons. The maximum absolute atomic E-state index is 12.7. The van der Waals surface area contributed by atoms with E-state index in [0.717, 1.165) is 25.1 Å². The molecule has 0 aromatic heterocycles. The molecular formula is C13H17FN2O2. The van der Waals surface area contributed by atoms with Crippen molar-refractivity contribution in [3.63, 3.8) is 0 Å². The molecule has 0 saturated carbocycles. The van der Waals surface area contributed by atoms with Crippen LogP contribution >= 0.6 is 0 Å². The number of nitrogens with one attached hydrogen (secondary N) is 2. The van der Waals surface area contributed by atoms with Crippen LogP contribution in [0.1, 0.15) is 12.8 Å². The van der Waals surface area contributed by atoms with E-state index in [1.807, 2.05) is 0 Å². The third-order valence-corrected chi connectivity index (χ3v) is 2.85. The molecule has 1 aliphatic heterocycles. The van der Waals surface area contributed by atoms with E-state index in [1.165, 1.54) is 12.1 Å². The zero-order valence-corrected chi connectivity index (χ0v) is 10.1. The van der Waals surface area contributed by atoms with Crippen molar-refractivity contribution in [3.05, 3.63) is 30.1 Å². The van der Waals surface area contributed by atoms with Crippen molar-refractivity contribution in [2.45, 2.75) is 18.9 Å². The molecule has 1 heterocycles. The smallest absolute Gasteiger partial charge is 0.239 e. The Morgan fingerprint density at radius 2 is 2.17 bits per heavy atom. The number of carbonyl (C=O) groups is 1. The predicted octanol–water partition coefficient (Wildman–Crippen LogP) is 1.53. The van der Waals surface area contributed by atoms with Crippen molar-refractivity contribution >= 4 is 11.6 Å². The number of ether oxygens (including phenoxy) is 1. The zero-order valence-electron chi connectivity index (χ0n) is 10.1. The van der Waals surface area contributed by atoms with Crippen molar-refractivity contribution in [3.8, 4) is 0 Å². The van der Waals surface area contributed by atoms with Gasteiger partial charge in [-0.25, -0.2) is 4.39 Å². The quantitative estimate of drug-likeness (QED) is 0.835. The van der Waals surface area contributed by atoms with Crippen LogP contribution in [0.15, 0.2) is 24.3 Å². The molecule has 0 spiro atoms. The highest BCUT2D eigenvalue weighted by molar-refractivity contribution is 5.80. The lowest BCUT2D eigenvalue weighted by atomic mass is 10.2. The normalized spacial score (nSPS) is 18.6. The summed E-state index contributed by atoms with van der Waals surface area (Å²) in [7, 11) is 0. The third kappa shape index (κ3) is 4.00. The Labute approximate surface area is 106 Å². The van der Waals surface area contributed by atoms with Crippen LogP contribution in [0.25, 0.3) is 0 Å². The van der Waals surface area contributed by atoms with Gasteiger partial charge in [0.1, 0.15) is 5.82 Å². The summed E-state index contributed by atoms with van der Waals surface area (Å²) < 4.78 is 18.1. The highest BCUT2D eigenvalue weighted by atomic mass is 19.1. The molecule has 0 aliphatic carbocycles. The summed E-state index contributed by atoms with van der Waals surface area (Å²) in [4.78, 5) is 11.5. The molecule has 1 aromatic rings. The first-order valence-electron chi connectivity index (χ1n) is 6.12. The second-order valence-corrected chi connectivity index (χ2v) is 4.30. The van der Waals surface area contributed by atoms with E-state index in [9.17, 15) is 9.18 Å². The second-order valence-electron chi connectivity index (χ2n) is 4.30. The lowest BCUT2D eigenvalue weighted by Crippen LogP contribution is -2.35. The first-order valence-corrected chi connectivity index (χ1v) is 6.12. The summed E-state index contributed by atoms with van der Waals surface area (Å²) in [6.45, 7) is 1.52. The molecular weight excluding hydrogens is 235 g/mol. The van der Waals surface area contributed by atoms with E-state index in [1.54, 1.807) is 12.1 Å². The second kappa shape index (κ2) is 6.35. The first-order chi connectivity index (χ1) is 8.74. The van der Waals surface area contributed by atoms with Crippen LogP contribution in [-0.4, -0.2) is 31.7 Å². The van der Waals surface area contributed by atoms with Crippen LogP contribution in [0.4, 0.5) is 10.1 Å². The topological polar surface area (TPSA) is 50.4 Å². The standard InChI is InChI=1S/C13H17FN2O2/c14-10-3-5-11(6-4-10)15-9-13(17)16-8-12-2-1-7-18-12/h3-6,12,15H,1-2,7-9H2,(H,16,17). The molecule has 5 heteroatoms. The van der Waals surface area contributed by atoms with Gasteiger partial charge in [0.2, 0.25) is 5.91 Å². The fourth-order valence-electron chi connectivity index (χ4n) is 1.85. The van der Waals surface area contributed by atoms with E-state index in [4.69, 9.17) is 4.74 Å². The molecule has 2 rings (SSSR count). The van der Waals surface area contributed by atoms with Crippen LogP contribution in [0.3, 0.4) is 0 Å². The minimum absolute atomic E-state index is 0.0881. The maximum atomic E-state index is 12.7. The van der Waals surface area contributed by atoms with Gasteiger partial charge >= 0.3 is 0 Å². The molecule has 1 aromatic carbocycles. The van der Waals surface area contributed by atoms with Crippen LogP contribution in [-0.2, 0) is 9.53 Å². The molecule has 0 radical (unpaired) electrons. The molecule has 1 unspecified atom stereocenters. The van der Waals surface area contributed by atoms with Crippen molar-refractivity contribution in [1.82, 2.24) is 5.32 Å². The summed E-state index contributed by atoms with van der Waals surface area (Å²) in [5.41, 5.74) is 0.726. The number of rotatable bonds is 5. The average Bonchev–Trinajstić information content (AvgIpc) is 2.89. The number of carbonyl (C=O) groups excluding carboxylic acids is 1. The Kier molecular flexibility index (Phi) is 4.52. The molecule has 4 nitrogen and oxygen atoms in total. The van der Waals surface area contributed by atoms with Crippen molar-refractivity contribution in [1.29, 1.82) is 0 Å². The van der Waals surface area contributed by atoms with Crippen LogP contribution in [0.5, 0.6) is 0 Å². The average molecular weight is 252 g/mol. The van der Waals surface area contributed by atoms with Gasteiger partial charge in [-0.05, 0) is 37.1 Å². The Morgan fingerprint density at radius 1 is 1.39 bits per heavy atom. The monoisotopic (exact) mass is 252 g/mol. The number of anilines is 1. The highest BCUT2D eigenvalue weighted by Crippen LogP contribution is 2.10. The van der Waals surface area contributed by atoms with Gasteiger partial charge in [-0.15, -0.1) is 0 Å². The molecule has 2 N–H and O–H groups in total. The number of hydrogen-bond acceptors (Lipinski definition) is 3. The molecule has 1 atom stereocenters. The predicted molar refractivity (Wildman–Crippen MR) is 66.9 cm³/mol. The highest BCUT2D eigenvalue weighted by Gasteiger charge is 2.15. The van der Waals surface area contributed by atoms with Crippen LogP contribution in [0, 0.1) is 5.82 Å². The fourth-order valence-corrected chi connectivity index (χ4v) is 1.85. The molecule has 18 heavy (non-hydrogen) atoms. The largest absolute Gasteiger partial charge is 0.376 e. The lowest BCUT2D eigenvalue weighted by Gasteiger charge is -2.11.